The first-order valence-electron chi connectivity index (χ1n) is 9.84. The highest BCUT2D eigenvalue weighted by Gasteiger charge is 2.24. The van der Waals surface area contributed by atoms with Crippen LogP contribution in [-0.2, 0) is 10.2 Å². The van der Waals surface area contributed by atoms with E-state index in [0.717, 1.165) is 23.6 Å². The molecule has 7 heteroatoms. The molecule has 0 saturated carbocycles. The minimum Gasteiger partial charge on any atom is -0.486 e. The Labute approximate surface area is 168 Å². The van der Waals surface area contributed by atoms with Crippen LogP contribution in [0.2, 0.25) is 0 Å². The van der Waals surface area contributed by atoms with Gasteiger partial charge in [0.15, 0.2) is 17.5 Å². The van der Waals surface area contributed by atoms with Gasteiger partial charge in [-0.25, -0.2) is 4.99 Å². The van der Waals surface area contributed by atoms with Crippen molar-refractivity contribution in [2.75, 3.05) is 32.8 Å². The van der Waals surface area contributed by atoms with Crippen LogP contribution in [0.1, 0.15) is 47.1 Å². The zero-order valence-corrected chi connectivity index (χ0v) is 17.9. The Balaban J connectivity index is 2.01. The fourth-order valence-corrected chi connectivity index (χ4v) is 2.82. The number of guanidine groups is 1. The van der Waals surface area contributed by atoms with Crippen molar-refractivity contribution >= 4 is 11.9 Å². The van der Waals surface area contributed by atoms with Crippen molar-refractivity contribution in [1.82, 2.24) is 16.0 Å². The monoisotopic (exact) mass is 390 g/mol. The maximum Gasteiger partial charge on any atom is 0.242 e. The lowest BCUT2D eigenvalue weighted by molar-refractivity contribution is -0.121. The van der Waals surface area contributed by atoms with Gasteiger partial charge in [-0.15, -0.1) is 0 Å². The van der Waals surface area contributed by atoms with E-state index in [1.54, 1.807) is 0 Å². The molecule has 0 fully saturated rings. The largest absolute Gasteiger partial charge is 0.486 e. The number of hydrogen-bond donors (Lipinski definition) is 3. The minimum absolute atomic E-state index is 0.0804. The van der Waals surface area contributed by atoms with Crippen LogP contribution in [-0.4, -0.2) is 50.3 Å². The molecule has 156 valence electrons. The van der Waals surface area contributed by atoms with Crippen molar-refractivity contribution in [3.8, 4) is 11.5 Å². The number of ether oxygens (including phenoxy) is 2. The normalized spacial score (nSPS) is 14.4. The molecule has 1 aliphatic rings. The summed E-state index contributed by atoms with van der Waals surface area (Å²) in [5.74, 6) is 2.10. The molecule has 7 nitrogen and oxygen atoms in total. The number of nitrogens with one attached hydrogen (secondary N) is 3. The minimum atomic E-state index is -0.265. The van der Waals surface area contributed by atoms with E-state index in [2.05, 4.69) is 40.9 Å². The molecule has 1 heterocycles. The van der Waals surface area contributed by atoms with Crippen molar-refractivity contribution in [3.63, 3.8) is 0 Å². The van der Waals surface area contributed by atoms with Crippen LogP contribution in [0.4, 0.5) is 0 Å². The Morgan fingerprint density at radius 3 is 2.39 bits per heavy atom. The lowest BCUT2D eigenvalue weighted by Gasteiger charge is -2.28. The molecule has 1 aromatic carbocycles. The molecule has 2 rings (SSSR count). The van der Waals surface area contributed by atoms with Gasteiger partial charge >= 0.3 is 0 Å². The van der Waals surface area contributed by atoms with Gasteiger partial charge in [-0.3, -0.25) is 4.79 Å². The number of rotatable bonds is 6. The van der Waals surface area contributed by atoms with Gasteiger partial charge in [0.2, 0.25) is 5.91 Å². The van der Waals surface area contributed by atoms with Crippen molar-refractivity contribution in [2.24, 2.45) is 4.99 Å². The molecule has 28 heavy (non-hydrogen) atoms. The summed E-state index contributed by atoms with van der Waals surface area (Å²) in [6.07, 6.45) is 0. The third-order valence-corrected chi connectivity index (χ3v) is 4.26. The first kappa shape index (κ1) is 21.9. The molecular formula is C21H34N4O3. The molecule has 0 radical (unpaired) electrons. The summed E-state index contributed by atoms with van der Waals surface area (Å²) in [6.45, 7) is 14.8. The van der Waals surface area contributed by atoms with Gasteiger partial charge in [0.05, 0.1) is 0 Å². The highest BCUT2D eigenvalue weighted by molar-refractivity contribution is 5.85. The highest BCUT2D eigenvalue weighted by Crippen LogP contribution is 2.34. The smallest absolute Gasteiger partial charge is 0.242 e. The molecule has 0 aromatic heterocycles. The topological polar surface area (TPSA) is 84.0 Å². The van der Waals surface area contributed by atoms with Gasteiger partial charge in [0.25, 0.3) is 0 Å². The number of nitrogens with zero attached hydrogens (tertiary/aromatic N) is 1. The van der Waals surface area contributed by atoms with E-state index in [9.17, 15) is 4.79 Å². The van der Waals surface area contributed by atoms with Gasteiger partial charge in [0.1, 0.15) is 19.8 Å². The van der Waals surface area contributed by atoms with Crippen LogP contribution in [0.25, 0.3) is 0 Å². The Kier molecular flexibility index (Phi) is 7.16. The van der Waals surface area contributed by atoms with Crippen LogP contribution in [0, 0.1) is 0 Å². The van der Waals surface area contributed by atoms with Gasteiger partial charge in [-0.2, -0.15) is 0 Å². The van der Waals surface area contributed by atoms with E-state index in [-0.39, 0.29) is 23.4 Å². The third kappa shape index (κ3) is 6.62. The lowest BCUT2D eigenvalue weighted by Crippen LogP contribution is -2.45. The summed E-state index contributed by atoms with van der Waals surface area (Å²) in [7, 11) is 0. The first-order chi connectivity index (χ1) is 13.1. The van der Waals surface area contributed by atoms with Crippen LogP contribution in [0.5, 0.6) is 11.5 Å². The van der Waals surface area contributed by atoms with E-state index >= 15 is 0 Å². The highest BCUT2D eigenvalue weighted by atomic mass is 16.6. The van der Waals surface area contributed by atoms with E-state index in [1.807, 2.05) is 39.8 Å². The quantitative estimate of drug-likeness (QED) is 0.512. The van der Waals surface area contributed by atoms with Crippen molar-refractivity contribution in [2.45, 2.75) is 52.5 Å². The van der Waals surface area contributed by atoms with Gasteiger partial charge < -0.3 is 25.4 Å². The molecule has 1 amide bonds. The van der Waals surface area contributed by atoms with Gasteiger partial charge in [-0.1, -0.05) is 19.9 Å². The summed E-state index contributed by atoms with van der Waals surface area (Å²) in [5.41, 5.74) is 0.712. The second kappa shape index (κ2) is 9.17. The van der Waals surface area contributed by atoms with E-state index in [4.69, 9.17) is 9.47 Å². The molecule has 0 bridgehead atoms. The second-order valence-corrected chi connectivity index (χ2v) is 8.59. The zero-order chi connectivity index (χ0) is 20.8. The Morgan fingerprint density at radius 1 is 1.07 bits per heavy atom. The summed E-state index contributed by atoms with van der Waals surface area (Å²) in [4.78, 5) is 16.4. The SMILES string of the molecule is CCNC(=NCC(=O)NC(C)(C)C)NCC(C)(C)c1ccc2c(c1)OCCO2. The van der Waals surface area contributed by atoms with Crippen LogP contribution < -0.4 is 25.4 Å². The van der Waals surface area contributed by atoms with E-state index in [1.165, 1.54) is 0 Å². The number of carbonyl (C=O) groups is 1. The van der Waals surface area contributed by atoms with Crippen molar-refractivity contribution in [1.29, 1.82) is 0 Å². The fraction of sp³-hybridized carbons (Fsp3) is 0.619. The predicted octanol–water partition coefficient (Wildman–Crippen LogP) is 2.21. The molecule has 0 unspecified atom stereocenters. The average Bonchev–Trinajstić information content (AvgIpc) is 2.62. The molecule has 0 spiro atoms. The number of carbonyl (C=O) groups excluding carboxylic acids is 1. The summed E-state index contributed by atoms with van der Waals surface area (Å²) in [5, 5.41) is 9.45. The van der Waals surface area contributed by atoms with Crippen LogP contribution >= 0.6 is 0 Å². The molecule has 0 saturated heterocycles. The van der Waals surface area contributed by atoms with Crippen molar-refractivity contribution < 1.29 is 14.3 Å². The molecule has 0 aliphatic carbocycles. The Bertz CT molecular complexity index is 708. The fourth-order valence-electron chi connectivity index (χ4n) is 2.82. The van der Waals surface area contributed by atoms with Crippen LogP contribution in [0.15, 0.2) is 23.2 Å². The maximum atomic E-state index is 12.0. The number of benzene rings is 1. The maximum absolute atomic E-state index is 12.0. The van der Waals surface area contributed by atoms with E-state index in [0.29, 0.717) is 25.7 Å². The second-order valence-electron chi connectivity index (χ2n) is 8.59. The Morgan fingerprint density at radius 2 is 1.75 bits per heavy atom. The molecule has 1 aromatic rings. The molecule has 3 N–H and O–H groups in total. The molecular weight excluding hydrogens is 356 g/mol. The zero-order valence-electron chi connectivity index (χ0n) is 17.9. The summed E-state index contributed by atoms with van der Waals surface area (Å²) >= 11 is 0. The summed E-state index contributed by atoms with van der Waals surface area (Å²) < 4.78 is 11.3. The van der Waals surface area contributed by atoms with E-state index < -0.39 is 0 Å². The number of fused-ring (bicyclic) bond motifs is 1. The summed E-state index contributed by atoms with van der Waals surface area (Å²) in [6, 6.07) is 6.06. The Hall–Kier alpha value is -2.44. The number of amides is 1. The van der Waals surface area contributed by atoms with Crippen LogP contribution in [0.3, 0.4) is 0 Å². The third-order valence-electron chi connectivity index (χ3n) is 4.26. The number of hydrogen-bond acceptors (Lipinski definition) is 4. The molecule has 0 atom stereocenters. The average molecular weight is 391 g/mol. The van der Waals surface area contributed by atoms with Gasteiger partial charge in [0, 0.05) is 24.0 Å². The van der Waals surface area contributed by atoms with Gasteiger partial charge in [-0.05, 0) is 45.4 Å². The standard InChI is InChI=1S/C21H34N4O3/c1-7-22-19(23-13-18(26)25-20(2,3)4)24-14-21(5,6)15-8-9-16-17(12-15)28-11-10-27-16/h8-9,12H,7,10-11,13-14H2,1-6H3,(H,25,26)(H2,22,23,24). The van der Waals surface area contributed by atoms with Crippen molar-refractivity contribution in [3.05, 3.63) is 23.8 Å². The number of aliphatic imine (C=N–C) groups is 1. The predicted molar refractivity (Wildman–Crippen MR) is 112 cm³/mol. The lowest BCUT2D eigenvalue weighted by atomic mass is 9.84. The molecule has 1 aliphatic heterocycles. The first-order valence-corrected chi connectivity index (χ1v) is 9.84.